The Morgan fingerprint density at radius 2 is 2.05 bits per heavy atom. The highest BCUT2D eigenvalue weighted by molar-refractivity contribution is 7.89. The zero-order valence-corrected chi connectivity index (χ0v) is 12.4. The Labute approximate surface area is 123 Å². The van der Waals surface area contributed by atoms with Gasteiger partial charge in [0.05, 0.1) is 5.02 Å². The highest BCUT2D eigenvalue weighted by Gasteiger charge is 2.38. The van der Waals surface area contributed by atoms with Gasteiger partial charge >= 0.3 is 0 Å². The Hall–Kier alpha value is -0.690. The summed E-state index contributed by atoms with van der Waals surface area (Å²) >= 11 is 5.93. The van der Waals surface area contributed by atoms with Gasteiger partial charge in [0.15, 0.2) is 0 Å². The van der Waals surface area contributed by atoms with E-state index in [1.54, 1.807) is 0 Å². The van der Waals surface area contributed by atoms with Crippen LogP contribution in [0.3, 0.4) is 0 Å². The fraction of sp³-hybridized carbons (Fsp3) is 0.538. The molecule has 2 heterocycles. The van der Waals surface area contributed by atoms with Crippen LogP contribution in [0, 0.1) is 17.7 Å². The van der Waals surface area contributed by atoms with Gasteiger partial charge in [0.25, 0.3) is 0 Å². The smallest absolute Gasteiger partial charge is 0.244 e. The van der Waals surface area contributed by atoms with Crippen LogP contribution in [0.5, 0.6) is 0 Å². The molecule has 20 heavy (non-hydrogen) atoms. The second-order valence-electron chi connectivity index (χ2n) is 5.40. The highest BCUT2D eigenvalue weighted by atomic mass is 35.5. The van der Waals surface area contributed by atoms with Gasteiger partial charge in [0, 0.05) is 13.1 Å². The molecule has 0 aliphatic carbocycles. The van der Waals surface area contributed by atoms with E-state index < -0.39 is 15.8 Å². The number of halogens is 2. The molecule has 0 bridgehead atoms. The fourth-order valence-electron chi connectivity index (χ4n) is 3.03. The van der Waals surface area contributed by atoms with Crippen molar-refractivity contribution in [1.29, 1.82) is 0 Å². The molecular weight excluding hydrogens is 303 g/mol. The van der Waals surface area contributed by atoms with Crippen LogP contribution in [-0.4, -0.2) is 38.9 Å². The van der Waals surface area contributed by atoms with E-state index in [1.165, 1.54) is 10.4 Å². The third-order valence-electron chi connectivity index (χ3n) is 4.18. The molecular formula is C13H16ClFN2O2S. The average molecular weight is 319 g/mol. The predicted molar refractivity (Wildman–Crippen MR) is 74.6 cm³/mol. The Morgan fingerprint density at radius 1 is 1.30 bits per heavy atom. The standard InChI is InChI=1S/C13H16ClFN2O2S/c14-12-2-1-11(15)5-13(12)20(18,19)17-4-3-9-6-16-7-10(9)8-17/h1-2,5,9-10,16H,3-4,6-8H2. The molecule has 2 unspecified atom stereocenters. The Balaban J connectivity index is 1.90. The van der Waals surface area contributed by atoms with Crippen molar-refractivity contribution in [3.8, 4) is 0 Å². The molecule has 0 radical (unpaired) electrons. The van der Waals surface area contributed by atoms with Crippen LogP contribution in [0.1, 0.15) is 6.42 Å². The summed E-state index contributed by atoms with van der Waals surface area (Å²) in [5.74, 6) is 0.292. The maximum absolute atomic E-state index is 13.3. The van der Waals surface area contributed by atoms with E-state index >= 15 is 0 Å². The third-order valence-corrected chi connectivity index (χ3v) is 6.52. The molecule has 2 saturated heterocycles. The van der Waals surface area contributed by atoms with Crippen molar-refractivity contribution in [3.05, 3.63) is 29.0 Å². The Bertz CT molecular complexity index is 623. The van der Waals surface area contributed by atoms with Crippen molar-refractivity contribution in [1.82, 2.24) is 9.62 Å². The van der Waals surface area contributed by atoms with Crippen LogP contribution in [0.15, 0.2) is 23.1 Å². The lowest BCUT2D eigenvalue weighted by atomic mass is 9.90. The third kappa shape index (κ3) is 2.45. The van der Waals surface area contributed by atoms with Crippen LogP contribution in [0.4, 0.5) is 4.39 Å². The lowest BCUT2D eigenvalue weighted by Crippen LogP contribution is -2.43. The maximum Gasteiger partial charge on any atom is 0.244 e. The van der Waals surface area contributed by atoms with Gasteiger partial charge < -0.3 is 5.32 Å². The molecule has 2 aliphatic heterocycles. The number of nitrogens with one attached hydrogen (secondary N) is 1. The van der Waals surface area contributed by atoms with Crippen molar-refractivity contribution >= 4 is 21.6 Å². The largest absolute Gasteiger partial charge is 0.316 e. The Kier molecular flexibility index (Phi) is 3.75. The van der Waals surface area contributed by atoms with Crippen molar-refractivity contribution in [2.24, 2.45) is 11.8 Å². The number of sulfonamides is 1. The topological polar surface area (TPSA) is 49.4 Å². The van der Waals surface area contributed by atoms with Gasteiger partial charge in [-0.15, -0.1) is 0 Å². The number of nitrogens with zero attached hydrogens (tertiary/aromatic N) is 1. The molecule has 2 aliphatic rings. The molecule has 2 fully saturated rings. The van der Waals surface area contributed by atoms with E-state index in [4.69, 9.17) is 11.6 Å². The van der Waals surface area contributed by atoms with E-state index in [9.17, 15) is 12.8 Å². The van der Waals surface area contributed by atoms with E-state index in [0.29, 0.717) is 24.9 Å². The van der Waals surface area contributed by atoms with Crippen molar-refractivity contribution in [2.45, 2.75) is 11.3 Å². The van der Waals surface area contributed by atoms with Gasteiger partial charge in [-0.05, 0) is 49.5 Å². The molecule has 3 rings (SSSR count). The number of benzene rings is 1. The molecule has 1 N–H and O–H groups in total. The molecule has 0 aromatic heterocycles. The van der Waals surface area contributed by atoms with Crippen LogP contribution < -0.4 is 5.32 Å². The molecule has 2 atom stereocenters. The lowest BCUT2D eigenvalue weighted by molar-refractivity contribution is 0.228. The van der Waals surface area contributed by atoms with Crippen molar-refractivity contribution < 1.29 is 12.8 Å². The van der Waals surface area contributed by atoms with E-state index in [-0.39, 0.29) is 9.92 Å². The first kappa shape index (κ1) is 14.3. The molecule has 0 spiro atoms. The minimum Gasteiger partial charge on any atom is -0.316 e. The number of piperidine rings is 1. The van der Waals surface area contributed by atoms with Crippen LogP contribution in [-0.2, 0) is 10.0 Å². The monoisotopic (exact) mass is 318 g/mol. The summed E-state index contributed by atoms with van der Waals surface area (Å²) < 4.78 is 39.9. The summed E-state index contributed by atoms with van der Waals surface area (Å²) in [6.07, 6.45) is 0.837. The Morgan fingerprint density at radius 3 is 2.85 bits per heavy atom. The van der Waals surface area contributed by atoms with Crippen LogP contribution in [0.25, 0.3) is 0 Å². The van der Waals surface area contributed by atoms with Gasteiger partial charge in [-0.1, -0.05) is 11.6 Å². The first-order valence-corrected chi connectivity index (χ1v) is 8.46. The predicted octanol–water partition coefficient (Wildman–Crippen LogP) is 1.71. The van der Waals surface area contributed by atoms with Gasteiger partial charge in [-0.25, -0.2) is 12.8 Å². The van der Waals surface area contributed by atoms with E-state index in [1.807, 2.05) is 0 Å². The molecule has 1 aromatic carbocycles. The maximum atomic E-state index is 13.3. The van der Waals surface area contributed by atoms with E-state index in [0.717, 1.165) is 31.6 Å². The molecule has 110 valence electrons. The van der Waals surface area contributed by atoms with E-state index in [2.05, 4.69) is 5.32 Å². The molecule has 0 amide bonds. The van der Waals surface area contributed by atoms with Gasteiger partial charge in [-0.2, -0.15) is 4.31 Å². The SMILES string of the molecule is O=S(=O)(c1cc(F)ccc1Cl)N1CCC2CNCC2C1. The number of rotatable bonds is 2. The molecule has 0 saturated carbocycles. The second-order valence-corrected chi connectivity index (χ2v) is 7.72. The average Bonchev–Trinajstić information content (AvgIpc) is 2.88. The lowest BCUT2D eigenvalue weighted by Gasteiger charge is -2.33. The van der Waals surface area contributed by atoms with Gasteiger partial charge in [0.2, 0.25) is 10.0 Å². The number of hydrogen-bond donors (Lipinski definition) is 1. The van der Waals surface area contributed by atoms with Crippen LogP contribution in [0.2, 0.25) is 5.02 Å². The zero-order chi connectivity index (χ0) is 14.3. The first-order valence-electron chi connectivity index (χ1n) is 6.64. The molecule has 7 heteroatoms. The highest BCUT2D eigenvalue weighted by Crippen LogP contribution is 2.32. The first-order chi connectivity index (χ1) is 9.48. The summed E-state index contributed by atoms with van der Waals surface area (Å²) in [7, 11) is -3.72. The van der Waals surface area contributed by atoms with Crippen LogP contribution >= 0.6 is 11.6 Å². The summed E-state index contributed by atoms with van der Waals surface area (Å²) in [6.45, 7) is 2.75. The minimum absolute atomic E-state index is 0.0677. The zero-order valence-electron chi connectivity index (χ0n) is 10.9. The minimum atomic E-state index is -3.72. The fourth-order valence-corrected chi connectivity index (χ4v) is 5.03. The quantitative estimate of drug-likeness (QED) is 0.903. The van der Waals surface area contributed by atoms with Crippen molar-refractivity contribution in [2.75, 3.05) is 26.2 Å². The van der Waals surface area contributed by atoms with Gasteiger partial charge in [-0.3, -0.25) is 0 Å². The summed E-state index contributed by atoms with van der Waals surface area (Å²) in [6, 6.07) is 3.44. The number of fused-ring (bicyclic) bond motifs is 1. The van der Waals surface area contributed by atoms with Crippen molar-refractivity contribution in [3.63, 3.8) is 0 Å². The molecule has 1 aromatic rings. The summed E-state index contributed by atoms with van der Waals surface area (Å²) in [5, 5.41) is 3.36. The summed E-state index contributed by atoms with van der Waals surface area (Å²) in [5.41, 5.74) is 0. The molecule has 4 nitrogen and oxygen atoms in total. The normalized spacial score (nSPS) is 27.5. The number of hydrogen-bond acceptors (Lipinski definition) is 3. The van der Waals surface area contributed by atoms with Gasteiger partial charge in [0.1, 0.15) is 10.7 Å². The summed E-state index contributed by atoms with van der Waals surface area (Å²) in [4.78, 5) is -0.136. The second kappa shape index (κ2) is 5.26.